The van der Waals surface area contributed by atoms with E-state index >= 15 is 0 Å². The molecule has 1 N–H and O–H groups in total. The van der Waals surface area contributed by atoms with Crippen molar-refractivity contribution in [2.24, 2.45) is 0 Å². The Balaban J connectivity index is 1.40. The van der Waals surface area contributed by atoms with Gasteiger partial charge in [-0.25, -0.2) is 4.79 Å². The Hall–Kier alpha value is -1.30. The first-order valence-corrected chi connectivity index (χ1v) is 8.69. The molecule has 0 saturated carbocycles. The molecule has 1 aromatic rings. The van der Waals surface area contributed by atoms with Crippen LogP contribution in [0.25, 0.3) is 0 Å². The van der Waals surface area contributed by atoms with Gasteiger partial charge in [-0.3, -0.25) is 4.90 Å². The number of likely N-dealkylation sites (tertiary alicyclic amines) is 1. The van der Waals surface area contributed by atoms with E-state index in [0.29, 0.717) is 12.6 Å². The molecule has 2 fully saturated rings. The van der Waals surface area contributed by atoms with Gasteiger partial charge in [0.25, 0.3) is 0 Å². The Labute approximate surface area is 142 Å². The van der Waals surface area contributed by atoms with Gasteiger partial charge >= 0.3 is 6.03 Å². The molecule has 2 amide bonds. The lowest BCUT2D eigenvalue weighted by molar-refractivity contribution is 0.0191. The van der Waals surface area contributed by atoms with Crippen molar-refractivity contribution in [2.45, 2.75) is 18.9 Å². The highest BCUT2D eigenvalue weighted by atomic mass is 35.5. The summed E-state index contributed by atoms with van der Waals surface area (Å²) in [6.07, 6.45) is 1.86. The standard InChI is InChI=1S/C17H24ClN3O2/c18-15-3-1-2-14(12-15)4-6-19-17(22)21-7-5-16(13-21)20-8-10-23-11-9-20/h1-3,12,16H,4-11,13H2,(H,19,22). The van der Waals surface area contributed by atoms with Crippen molar-refractivity contribution in [3.8, 4) is 0 Å². The lowest BCUT2D eigenvalue weighted by Gasteiger charge is -2.32. The molecule has 6 heteroatoms. The van der Waals surface area contributed by atoms with Gasteiger partial charge in [-0.15, -0.1) is 0 Å². The molecule has 1 unspecified atom stereocenters. The molecule has 126 valence electrons. The van der Waals surface area contributed by atoms with Crippen LogP contribution in [0, 0.1) is 0 Å². The van der Waals surface area contributed by atoms with E-state index in [9.17, 15) is 4.79 Å². The highest BCUT2D eigenvalue weighted by molar-refractivity contribution is 6.30. The molecule has 0 radical (unpaired) electrons. The Bertz CT molecular complexity index is 534. The molecule has 2 heterocycles. The van der Waals surface area contributed by atoms with Crippen LogP contribution in [-0.2, 0) is 11.2 Å². The van der Waals surface area contributed by atoms with E-state index in [1.54, 1.807) is 0 Å². The number of hydrogen-bond acceptors (Lipinski definition) is 3. The number of benzene rings is 1. The summed E-state index contributed by atoms with van der Waals surface area (Å²) in [6.45, 7) is 5.88. The molecule has 3 rings (SSSR count). The Morgan fingerprint density at radius 3 is 2.91 bits per heavy atom. The number of urea groups is 1. The third-order valence-corrected chi connectivity index (χ3v) is 4.83. The minimum absolute atomic E-state index is 0.0442. The van der Waals surface area contributed by atoms with Crippen LogP contribution in [-0.4, -0.2) is 67.8 Å². The topological polar surface area (TPSA) is 44.8 Å². The van der Waals surface area contributed by atoms with Crippen LogP contribution in [0.4, 0.5) is 4.79 Å². The number of nitrogens with one attached hydrogen (secondary N) is 1. The normalized spacial score (nSPS) is 22.3. The maximum absolute atomic E-state index is 12.3. The summed E-state index contributed by atoms with van der Waals surface area (Å²) in [6, 6.07) is 8.30. The first-order valence-electron chi connectivity index (χ1n) is 8.31. The van der Waals surface area contributed by atoms with Gasteiger partial charge in [0.05, 0.1) is 13.2 Å². The number of morpholine rings is 1. The predicted molar refractivity (Wildman–Crippen MR) is 90.9 cm³/mol. The number of amides is 2. The van der Waals surface area contributed by atoms with E-state index < -0.39 is 0 Å². The van der Waals surface area contributed by atoms with Gasteiger partial charge in [0.2, 0.25) is 0 Å². The first kappa shape index (κ1) is 16.6. The highest BCUT2D eigenvalue weighted by Crippen LogP contribution is 2.17. The van der Waals surface area contributed by atoms with E-state index in [0.717, 1.165) is 62.8 Å². The molecule has 2 aliphatic rings. The Kier molecular flexibility index (Phi) is 5.75. The van der Waals surface area contributed by atoms with Gasteiger partial charge in [-0.2, -0.15) is 0 Å². The number of halogens is 1. The second-order valence-electron chi connectivity index (χ2n) is 6.15. The monoisotopic (exact) mass is 337 g/mol. The summed E-state index contributed by atoms with van der Waals surface area (Å²) in [5, 5.41) is 3.75. The second kappa shape index (κ2) is 7.99. The zero-order chi connectivity index (χ0) is 16.1. The van der Waals surface area contributed by atoms with Crippen LogP contribution in [0.1, 0.15) is 12.0 Å². The first-order chi connectivity index (χ1) is 11.2. The summed E-state index contributed by atoms with van der Waals surface area (Å²) < 4.78 is 5.39. The van der Waals surface area contributed by atoms with E-state index in [4.69, 9.17) is 16.3 Å². The molecule has 2 aliphatic heterocycles. The van der Waals surface area contributed by atoms with Crippen LogP contribution in [0.15, 0.2) is 24.3 Å². The minimum Gasteiger partial charge on any atom is -0.379 e. The van der Waals surface area contributed by atoms with Gasteiger partial charge in [-0.05, 0) is 30.5 Å². The molecule has 1 aromatic carbocycles. The van der Waals surface area contributed by atoms with Gasteiger partial charge < -0.3 is 15.0 Å². The summed E-state index contributed by atoms with van der Waals surface area (Å²) in [5.74, 6) is 0. The predicted octanol–water partition coefficient (Wildman–Crippen LogP) is 2.00. The number of carbonyl (C=O) groups is 1. The minimum atomic E-state index is 0.0442. The van der Waals surface area contributed by atoms with Crippen molar-refractivity contribution in [1.82, 2.24) is 15.1 Å². The summed E-state index contributed by atoms with van der Waals surface area (Å²) in [4.78, 5) is 16.7. The number of hydrogen-bond donors (Lipinski definition) is 1. The van der Waals surface area contributed by atoms with Gasteiger partial charge in [0, 0.05) is 43.8 Å². The number of rotatable bonds is 4. The van der Waals surface area contributed by atoms with Crippen LogP contribution in [0.2, 0.25) is 5.02 Å². The van der Waals surface area contributed by atoms with Crippen LogP contribution >= 0.6 is 11.6 Å². The maximum atomic E-state index is 12.3. The molecule has 0 spiro atoms. The summed E-state index contributed by atoms with van der Waals surface area (Å²) in [5.41, 5.74) is 1.14. The molecule has 5 nitrogen and oxygen atoms in total. The SMILES string of the molecule is O=C(NCCc1cccc(Cl)c1)N1CCC(N2CCOCC2)C1. The van der Waals surface area contributed by atoms with E-state index in [1.165, 1.54) is 0 Å². The van der Waals surface area contributed by atoms with Crippen molar-refractivity contribution in [2.75, 3.05) is 45.9 Å². The Morgan fingerprint density at radius 2 is 2.13 bits per heavy atom. The van der Waals surface area contributed by atoms with Gasteiger partial charge in [-0.1, -0.05) is 23.7 Å². The van der Waals surface area contributed by atoms with Crippen molar-refractivity contribution in [1.29, 1.82) is 0 Å². The largest absolute Gasteiger partial charge is 0.379 e. The smallest absolute Gasteiger partial charge is 0.317 e. The van der Waals surface area contributed by atoms with E-state index in [2.05, 4.69) is 10.2 Å². The Morgan fingerprint density at radius 1 is 1.30 bits per heavy atom. The van der Waals surface area contributed by atoms with Gasteiger partial charge in [0.15, 0.2) is 0 Å². The number of nitrogens with zero attached hydrogens (tertiary/aromatic N) is 2. The molecular weight excluding hydrogens is 314 g/mol. The lowest BCUT2D eigenvalue weighted by atomic mass is 10.1. The van der Waals surface area contributed by atoms with Crippen LogP contribution in [0.5, 0.6) is 0 Å². The fraction of sp³-hybridized carbons (Fsp3) is 0.588. The molecule has 0 bridgehead atoms. The molecule has 0 aliphatic carbocycles. The molecule has 1 atom stereocenters. The maximum Gasteiger partial charge on any atom is 0.317 e. The molecule has 23 heavy (non-hydrogen) atoms. The quantitative estimate of drug-likeness (QED) is 0.914. The molecule has 2 saturated heterocycles. The van der Waals surface area contributed by atoms with Crippen LogP contribution in [0.3, 0.4) is 0 Å². The third-order valence-electron chi connectivity index (χ3n) is 4.59. The van der Waals surface area contributed by atoms with Crippen molar-refractivity contribution >= 4 is 17.6 Å². The highest BCUT2D eigenvalue weighted by Gasteiger charge is 2.30. The van der Waals surface area contributed by atoms with E-state index in [1.807, 2.05) is 29.2 Å². The van der Waals surface area contributed by atoms with Crippen molar-refractivity contribution in [3.63, 3.8) is 0 Å². The summed E-state index contributed by atoms with van der Waals surface area (Å²) in [7, 11) is 0. The fourth-order valence-electron chi connectivity index (χ4n) is 3.28. The third kappa shape index (κ3) is 4.59. The van der Waals surface area contributed by atoms with Crippen molar-refractivity contribution in [3.05, 3.63) is 34.9 Å². The number of ether oxygens (including phenoxy) is 1. The van der Waals surface area contributed by atoms with Crippen molar-refractivity contribution < 1.29 is 9.53 Å². The zero-order valence-corrected chi connectivity index (χ0v) is 14.1. The van der Waals surface area contributed by atoms with E-state index in [-0.39, 0.29) is 6.03 Å². The average Bonchev–Trinajstić information content (AvgIpc) is 3.06. The van der Waals surface area contributed by atoms with Gasteiger partial charge in [0.1, 0.15) is 0 Å². The van der Waals surface area contributed by atoms with Crippen LogP contribution < -0.4 is 5.32 Å². The zero-order valence-electron chi connectivity index (χ0n) is 13.3. The average molecular weight is 338 g/mol. The fourth-order valence-corrected chi connectivity index (χ4v) is 3.50. The molecular formula is C17H24ClN3O2. The molecule has 0 aromatic heterocycles. The second-order valence-corrected chi connectivity index (χ2v) is 6.59. The lowest BCUT2D eigenvalue weighted by Crippen LogP contribution is -2.46. The summed E-state index contributed by atoms with van der Waals surface area (Å²) >= 11 is 5.97. The number of carbonyl (C=O) groups excluding carboxylic acids is 1.